The summed E-state index contributed by atoms with van der Waals surface area (Å²) < 4.78 is 28.2. The van der Waals surface area contributed by atoms with Crippen molar-refractivity contribution in [3.8, 4) is 0 Å². The van der Waals surface area contributed by atoms with Gasteiger partial charge in [0.15, 0.2) is 0 Å². The van der Waals surface area contributed by atoms with Crippen molar-refractivity contribution < 1.29 is 8.42 Å². The maximum absolute atomic E-state index is 13.4. The first-order chi connectivity index (χ1) is 14.2. The molecule has 29 heavy (non-hydrogen) atoms. The summed E-state index contributed by atoms with van der Waals surface area (Å²) in [6.07, 6.45) is 2.68. The largest absolute Gasteiger partial charge is 0.355 e. The maximum Gasteiger partial charge on any atom is 0.268 e. The highest BCUT2D eigenvalue weighted by molar-refractivity contribution is 7.90. The molecule has 7 heteroatoms. The van der Waals surface area contributed by atoms with Crippen LogP contribution in [0.4, 0.5) is 5.82 Å². The third kappa shape index (κ3) is 3.07. The number of aromatic nitrogens is 2. The molecule has 0 saturated carbocycles. The lowest BCUT2D eigenvalue weighted by Gasteiger charge is -2.23. The Bertz CT molecular complexity index is 1270. The number of nitrogens with one attached hydrogen (secondary N) is 1. The van der Waals surface area contributed by atoms with Crippen molar-refractivity contribution in [2.45, 2.75) is 11.3 Å². The fourth-order valence-corrected chi connectivity index (χ4v) is 5.40. The summed E-state index contributed by atoms with van der Waals surface area (Å²) in [5, 5.41) is 5.12. The van der Waals surface area contributed by atoms with Crippen LogP contribution in [0, 0.1) is 0 Å². The molecular formula is C22H22N4O2S. The minimum absolute atomic E-state index is 0.277. The van der Waals surface area contributed by atoms with Gasteiger partial charge < -0.3 is 10.2 Å². The van der Waals surface area contributed by atoms with Crippen LogP contribution in [-0.4, -0.2) is 43.6 Å². The average Bonchev–Trinajstić information content (AvgIpc) is 3.04. The smallest absolute Gasteiger partial charge is 0.268 e. The van der Waals surface area contributed by atoms with Gasteiger partial charge in [-0.05, 0) is 37.2 Å². The third-order valence-corrected chi connectivity index (χ3v) is 7.11. The normalized spacial score (nSPS) is 15.7. The van der Waals surface area contributed by atoms with Gasteiger partial charge in [0.1, 0.15) is 5.82 Å². The Balaban J connectivity index is 1.80. The molecule has 6 nitrogen and oxygen atoms in total. The first kappa shape index (κ1) is 18.1. The molecular weight excluding hydrogens is 384 g/mol. The standard InChI is InChI=1S/C22H22N4O2S/c27-29(28,17-7-2-1-3-8-17)26-15-11-19-21(26)18-9-4-5-10-20(18)24-22(19)25-14-6-12-23-13-16-25/h1-5,7-11,15,23H,6,12-14,16H2. The van der Waals surface area contributed by atoms with E-state index in [9.17, 15) is 8.42 Å². The summed E-state index contributed by atoms with van der Waals surface area (Å²) in [5.41, 5.74) is 1.49. The van der Waals surface area contributed by atoms with E-state index in [0.29, 0.717) is 5.52 Å². The van der Waals surface area contributed by atoms with Crippen molar-refractivity contribution in [2.24, 2.45) is 0 Å². The van der Waals surface area contributed by atoms with Gasteiger partial charge in [-0.2, -0.15) is 0 Å². The van der Waals surface area contributed by atoms with E-state index < -0.39 is 10.0 Å². The molecule has 4 aromatic rings. The Hall–Kier alpha value is -2.90. The van der Waals surface area contributed by atoms with Crippen LogP contribution in [0.15, 0.2) is 71.8 Å². The monoisotopic (exact) mass is 406 g/mol. The minimum atomic E-state index is -3.71. The van der Waals surface area contributed by atoms with Gasteiger partial charge in [-0.3, -0.25) is 0 Å². The summed E-state index contributed by atoms with van der Waals surface area (Å²) in [6.45, 7) is 3.61. The van der Waals surface area contributed by atoms with Crippen LogP contribution in [-0.2, 0) is 10.0 Å². The van der Waals surface area contributed by atoms with Crippen LogP contribution >= 0.6 is 0 Å². The molecule has 0 atom stereocenters. The van der Waals surface area contributed by atoms with Gasteiger partial charge in [0.2, 0.25) is 0 Å². The first-order valence-corrected chi connectivity index (χ1v) is 11.3. The van der Waals surface area contributed by atoms with E-state index >= 15 is 0 Å². The van der Waals surface area contributed by atoms with Crippen LogP contribution in [0.5, 0.6) is 0 Å². The zero-order chi connectivity index (χ0) is 19.8. The molecule has 0 aliphatic carbocycles. The molecule has 0 amide bonds. The molecule has 0 unspecified atom stereocenters. The molecule has 2 aromatic heterocycles. The van der Waals surface area contributed by atoms with Crippen LogP contribution in [0.1, 0.15) is 6.42 Å². The molecule has 1 saturated heterocycles. The average molecular weight is 407 g/mol. The fraction of sp³-hybridized carbons (Fsp3) is 0.227. The van der Waals surface area contributed by atoms with Gasteiger partial charge in [-0.1, -0.05) is 36.4 Å². The summed E-state index contributed by atoms with van der Waals surface area (Å²) in [6, 6.07) is 18.2. The lowest BCUT2D eigenvalue weighted by Crippen LogP contribution is -2.28. The topological polar surface area (TPSA) is 67.2 Å². The Morgan fingerprint density at radius 3 is 2.52 bits per heavy atom. The van der Waals surface area contributed by atoms with E-state index in [4.69, 9.17) is 4.98 Å². The van der Waals surface area contributed by atoms with Crippen molar-refractivity contribution >= 4 is 37.6 Å². The van der Waals surface area contributed by atoms with E-state index in [-0.39, 0.29) is 4.90 Å². The molecule has 5 rings (SSSR count). The zero-order valence-corrected chi connectivity index (χ0v) is 16.8. The predicted molar refractivity (Wildman–Crippen MR) is 116 cm³/mol. The molecule has 0 bridgehead atoms. The second kappa shape index (κ2) is 7.17. The number of fused-ring (bicyclic) bond motifs is 3. The second-order valence-electron chi connectivity index (χ2n) is 7.24. The molecule has 2 aromatic carbocycles. The first-order valence-electron chi connectivity index (χ1n) is 9.82. The summed E-state index contributed by atoms with van der Waals surface area (Å²) >= 11 is 0. The number of para-hydroxylation sites is 1. The number of pyridine rings is 1. The summed E-state index contributed by atoms with van der Waals surface area (Å²) in [4.78, 5) is 7.46. The second-order valence-corrected chi connectivity index (χ2v) is 9.05. The summed E-state index contributed by atoms with van der Waals surface area (Å²) in [7, 11) is -3.71. The third-order valence-electron chi connectivity index (χ3n) is 5.42. The van der Waals surface area contributed by atoms with Crippen LogP contribution in [0.3, 0.4) is 0 Å². The highest BCUT2D eigenvalue weighted by Crippen LogP contribution is 2.34. The van der Waals surface area contributed by atoms with E-state index in [1.54, 1.807) is 30.5 Å². The highest BCUT2D eigenvalue weighted by atomic mass is 32.2. The Kier molecular flexibility index (Phi) is 4.49. The number of anilines is 1. The number of nitrogens with zero attached hydrogens (tertiary/aromatic N) is 3. The molecule has 148 valence electrons. The number of hydrogen-bond acceptors (Lipinski definition) is 5. The Morgan fingerprint density at radius 2 is 1.66 bits per heavy atom. The lowest BCUT2D eigenvalue weighted by molar-refractivity contribution is 0.589. The van der Waals surface area contributed by atoms with Crippen LogP contribution in [0.25, 0.3) is 21.8 Å². The molecule has 1 N–H and O–H groups in total. The fourth-order valence-electron chi connectivity index (χ4n) is 4.01. The van der Waals surface area contributed by atoms with Gasteiger partial charge in [-0.25, -0.2) is 17.4 Å². The van der Waals surface area contributed by atoms with Gasteiger partial charge in [0, 0.05) is 36.6 Å². The van der Waals surface area contributed by atoms with E-state index in [1.165, 1.54) is 3.97 Å². The molecule has 3 heterocycles. The van der Waals surface area contributed by atoms with Gasteiger partial charge in [0.25, 0.3) is 10.0 Å². The lowest BCUT2D eigenvalue weighted by atomic mass is 10.1. The number of hydrogen-bond donors (Lipinski definition) is 1. The quantitative estimate of drug-likeness (QED) is 0.566. The number of benzene rings is 2. The van der Waals surface area contributed by atoms with E-state index in [1.807, 2.05) is 36.4 Å². The van der Waals surface area contributed by atoms with E-state index in [2.05, 4.69) is 10.2 Å². The Morgan fingerprint density at radius 1 is 0.862 bits per heavy atom. The SMILES string of the molecule is O=S(=O)(c1ccccc1)n1ccc2c(N3CCCNCC3)nc3ccccc3c21. The number of rotatable bonds is 3. The van der Waals surface area contributed by atoms with E-state index in [0.717, 1.165) is 54.7 Å². The zero-order valence-electron chi connectivity index (χ0n) is 16.0. The van der Waals surface area contributed by atoms with Crippen molar-refractivity contribution in [1.29, 1.82) is 0 Å². The van der Waals surface area contributed by atoms with Crippen molar-refractivity contribution in [3.05, 3.63) is 66.9 Å². The van der Waals surface area contributed by atoms with Crippen molar-refractivity contribution in [3.63, 3.8) is 0 Å². The summed E-state index contributed by atoms with van der Waals surface area (Å²) in [5.74, 6) is 0.851. The van der Waals surface area contributed by atoms with Gasteiger partial charge in [0.05, 0.1) is 15.9 Å². The predicted octanol–water partition coefficient (Wildman–Crippen LogP) is 3.23. The maximum atomic E-state index is 13.4. The van der Waals surface area contributed by atoms with Gasteiger partial charge in [-0.15, -0.1) is 0 Å². The molecule has 1 fully saturated rings. The molecule has 1 aliphatic rings. The van der Waals surface area contributed by atoms with Gasteiger partial charge >= 0.3 is 0 Å². The van der Waals surface area contributed by atoms with Crippen LogP contribution in [0.2, 0.25) is 0 Å². The van der Waals surface area contributed by atoms with Crippen molar-refractivity contribution in [1.82, 2.24) is 14.3 Å². The minimum Gasteiger partial charge on any atom is -0.355 e. The molecule has 0 radical (unpaired) electrons. The molecule has 0 spiro atoms. The Labute approximate surface area is 169 Å². The van der Waals surface area contributed by atoms with Crippen LogP contribution < -0.4 is 10.2 Å². The molecule has 1 aliphatic heterocycles. The van der Waals surface area contributed by atoms with Crippen molar-refractivity contribution in [2.75, 3.05) is 31.1 Å². The highest BCUT2D eigenvalue weighted by Gasteiger charge is 2.24.